The van der Waals surface area contributed by atoms with E-state index in [1.54, 1.807) is 55.5 Å². The summed E-state index contributed by atoms with van der Waals surface area (Å²) in [5, 5.41) is 83.8. The summed E-state index contributed by atoms with van der Waals surface area (Å²) in [5.41, 5.74) is 0. The number of hydrogen-bond acceptors (Lipinski definition) is 11. The van der Waals surface area contributed by atoms with Gasteiger partial charge in [0.1, 0.15) is 12.2 Å². The Bertz CT molecular complexity index is 1050. The molecule has 0 saturated carbocycles. The van der Waals surface area contributed by atoms with Gasteiger partial charge in [-0.2, -0.15) is 0 Å². The number of aliphatic hydroxyl groups excluding tert-OH is 8. The number of fused-ring (bicyclic) bond motifs is 2. The molecule has 0 spiro atoms. The molecule has 0 unspecified atom stereocenters. The monoisotopic (exact) mass is 666 g/mol. The van der Waals surface area contributed by atoms with Crippen LogP contribution in [0.1, 0.15) is 72.6 Å². The third-order valence-corrected chi connectivity index (χ3v) is 8.74. The standard InChI is InChI=1S/C36H58O11/c1-22(2)36-23(3)13-14-25(37)15-26(38)16-27(39)17-28(40)18-29(41)19-30(42)20-31(43)24(4)34-21-32(44)33(46-34)11-9-7-5-6-8-10-12-35(45)47-36/h5-14,22-34,36-44H,15-21H2,1-4H3/b7-5+,8-6+,11-9+,12-10+,14-13+/t23-,24+,25-,26-,27-,28-,29+,30+,31+,32-,33+,34-,36-/m0/s1. The van der Waals surface area contributed by atoms with Gasteiger partial charge >= 0.3 is 5.97 Å². The van der Waals surface area contributed by atoms with Gasteiger partial charge in [0, 0.05) is 30.8 Å². The summed E-state index contributed by atoms with van der Waals surface area (Å²) >= 11 is 0. The highest BCUT2D eigenvalue weighted by atomic mass is 16.5. The molecule has 2 rings (SSSR count). The molecule has 0 aliphatic carbocycles. The van der Waals surface area contributed by atoms with E-state index in [2.05, 4.69) is 0 Å². The Morgan fingerprint density at radius 2 is 1.13 bits per heavy atom. The van der Waals surface area contributed by atoms with Crippen LogP contribution in [-0.2, 0) is 14.3 Å². The van der Waals surface area contributed by atoms with Crippen molar-refractivity contribution in [1.29, 1.82) is 0 Å². The predicted molar refractivity (Wildman–Crippen MR) is 178 cm³/mol. The largest absolute Gasteiger partial charge is 0.458 e. The first-order valence-corrected chi connectivity index (χ1v) is 16.8. The topological polar surface area (TPSA) is 197 Å². The van der Waals surface area contributed by atoms with Crippen molar-refractivity contribution in [3.63, 3.8) is 0 Å². The molecule has 1 fully saturated rings. The second kappa shape index (κ2) is 21.0. The van der Waals surface area contributed by atoms with Crippen molar-refractivity contribution in [1.82, 2.24) is 0 Å². The van der Waals surface area contributed by atoms with Gasteiger partial charge in [-0.25, -0.2) is 4.79 Å². The van der Waals surface area contributed by atoms with Crippen LogP contribution in [-0.4, -0.2) is 114 Å². The van der Waals surface area contributed by atoms with E-state index in [9.17, 15) is 45.6 Å². The van der Waals surface area contributed by atoms with Crippen LogP contribution in [0.4, 0.5) is 0 Å². The molecule has 2 aliphatic rings. The molecule has 0 radical (unpaired) electrons. The molecule has 0 amide bonds. The second-order valence-corrected chi connectivity index (χ2v) is 13.5. The van der Waals surface area contributed by atoms with Crippen LogP contribution in [0.25, 0.3) is 0 Å². The molecule has 8 N–H and O–H groups in total. The van der Waals surface area contributed by atoms with Crippen molar-refractivity contribution >= 4 is 5.97 Å². The summed E-state index contributed by atoms with van der Waals surface area (Å²) in [6.45, 7) is 7.48. The quantitative estimate of drug-likeness (QED) is 0.151. The van der Waals surface area contributed by atoms with Gasteiger partial charge in [0.05, 0.1) is 54.9 Å². The van der Waals surface area contributed by atoms with E-state index >= 15 is 0 Å². The van der Waals surface area contributed by atoms with E-state index in [4.69, 9.17) is 9.47 Å². The first-order chi connectivity index (χ1) is 22.2. The number of aliphatic hydroxyl groups is 8. The summed E-state index contributed by atoms with van der Waals surface area (Å²) < 4.78 is 11.6. The molecule has 47 heavy (non-hydrogen) atoms. The Labute approximate surface area is 279 Å². The lowest BCUT2D eigenvalue weighted by Crippen LogP contribution is -2.34. The van der Waals surface area contributed by atoms with E-state index in [1.807, 2.05) is 20.8 Å². The number of ether oxygens (including phenoxy) is 2. The Balaban J connectivity index is 2.14. The maximum Gasteiger partial charge on any atom is 0.331 e. The third-order valence-electron chi connectivity index (χ3n) is 8.74. The van der Waals surface area contributed by atoms with Gasteiger partial charge in [0.25, 0.3) is 0 Å². The molecule has 11 nitrogen and oxygen atoms in total. The predicted octanol–water partition coefficient (Wildman–Crippen LogP) is 2.01. The molecular weight excluding hydrogens is 608 g/mol. The SMILES string of the molecule is CC(C)[C@@H]1OC(=O)/C=C/C=C/C=C/C=C/[C@H]2O[C@@H](C[C@@H]2O)[C@H](C)[C@H](O)C[C@H](O)C[C@H](O)C[C@@H](O)C[C@@H](O)C[C@@H](O)C[C@@H](O)/C=C/[C@@H]1C. The molecule has 0 aromatic rings. The highest BCUT2D eigenvalue weighted by Gasteiger charge is 2.38. The van der Waals surface area contributed by atoms with Gasteiger partial charge in [-0.15, -0.1) is 0 Å². The van der Waals surface area contributed by atoms with Crippen molar-refractivity contribution < 1.29 is 55.1 Å². The summed E-state index contributed by atoms with van der Waals surface area (Å²) in [5.74, 6) is -1.16. The van der Waals surface area contributed by atoms with Gasteiger partial charge in [-0.3, -0.25) is 0 Å². The Hall–Kier alpha value is -2.19. The minimum atomic E-state index is -1.10. The zero-order valence-electron chi connectivity index (χ0n) is 28.1. The Morgan fingerprint density at radius 1 is 0.617 bits per heavy atom. The van der Waals surface area contributed by atoms with E-state index in [0.29, 0.717) is 6.42 Å². The molecular formula is C36H58O11. The van der Waals surface area contributed by atoms with E-state index < -0.39 is 79.0 Å². The third kappa shape index (κ3) is 15.7. The zero-order valence-corrected chi connectivity index (χ0v) is 28.1. The minimum absolute atomic E-state index is 0.00679. The zero-order chi connectivity index (χ0) is 35.1. The van der Waals surface area contributed by atoms with Crippen molar-refractivity contribution in [2.45, 2.75) is 140 Å². The van der Waals surface area contributed by atoms with Gasteiger partial charge in [0.2, 0.25) is 0 Å². The normalized spacial score (nSPS) is 43.3. The lowest BCUT2D eigenvalue weighted by molar-refractivity contribution is -0.147. The number of allylic oxidation sites excluding steroid dienone is 6. The van der Waals surface area contributed by atoms with Crippen LogP contribution in [0.3, 0.4) is 0 Å². The Morgan fingerprint density at radius 3 is 1.70 bits per heavy atom. The molecule has 0 aromatic carbocycles. The molecule has 2 aliphatic heterocycles. The van der Waals surface area contributed by atoms with Crippen molar-refractivity contribution in [3.05, 3.63) is 60.8 Å². The number of carbonyl (C=O) groups excluding carboxylic acids is 1. The fourth-order valence-corrected chi connectivity index (χ4v) is 6.07. The van der Waals surface area contributed by atoms with Crippen molar-refractivity contribution in [3.8, 4) is 0 Å². The summed E-state index contributed by atoms with van der Waals surface area (Å²) in [7, 11) is 0. The average molecular weight is 667 g/mol. The van der Waals surface area contributed by atoms with Crippen LogP contribution in [0.2, 0.25) is 0 Å². The fourth-order valence-electron chi connectivity index (χ4n) is 6.07. The Kier molecular flexibility index (Phi) is 18.3. The number of esters is 1. The number of hydrogen-bond donors (Lipinski definition) is 8. The lowest BCUT2D eigenvalue weighted by Gasteiger charge is -2.27. The summed E-state index contributed by atoms with van der Waals surface area (Å²) in [6, 6.07) is 0. The van der Waals surface area contributed by atoms with Crippen LogP contribution in [0.5, 0.6) is 0 Å². The second-order valence-electron chi connectivity index (χ2n) is 13.5. The molecule has 0 aromatic heterocycles. The van der Waals surface area contributed by atoms with Gasteiger partial charge in [-0.05, 0) is 38.0 Å². The average Bonchev–Trinajstić information content (AvgIpc) is 3.34. The maximum absolute atomic E-state index is 12.5. The van der Waals surface area contributed by atoms with Crippen molar-refractivity contribution in [2.75, 3.05) is 0 Å². The van der Waals surface area contributed by atoms with Gasteiger partial charge < -0.3 is 50.3 Å². The fraction of sp³-hybridized carbons (Fsp3) is 0.694. The molecule has 13 atom stereocenters. The first kappa shape index (κ1) is 41.0. The molecule has 2 heterocycles. The highest BCUT2D eigenvalue weighted by Crippen LogP contribution is 2.30. The maximum atomic E-state index is 12.5. The van der Waals surface area contributed by atoms with E-state index in [0.717, 1.165) is 0 Å². The van der Waals surface area contributed by atoms with Crippen LogP contribution in [0, 0.1) is 17.8 Å². The number of rotatable bonds is 1. The highest BCUT2D eigenvalue weighted by molar-refractivity contribution is 5.82. The van der Waals surface area contributed by atoms with Crippen LogP contribution < -0.4 is 0 Å². The summed E-state index contributed by atoms with van der Waals surface area (Å²) in [6.07, 6.45) is 6.66. The van der Waals surface area contributed by atoms with Crippen molar-refractivity contribution in [2.24, 2.45) is 17.8 Å². The molecule has 11 heteroatoms. The molecule has 268 valence electrons. The molecule has 2 bridgehead atoms. The number of cyclic esters (lactones) is 1. The van der Waals surface area contributed by atoms with E-state index in [1.165, 1.54) is 12.2 Å². The smallest absolute Gasteiger partial charge is 0.331 e. The minimum Gasteiger partial charge on any atom is -0.458 e. The number of carbonyl (C=O) groups is 1. The van der Waals surface area contributed by atoms with Crippen LogP contribution >= 0.6 is 0 Å². The lowest BCUT2D eigenvalue weighted by atomic mass is 9.90. The van der Waals surface area contributed by atoms with Gasteiger partial charge in [-0.1, -0.05) is 82.4 Å². The van der Waals surface area contributed by atoms with E-state index in [-0.39, 0.29) is 50.4 Å². The molecule has 1 saturated heterocycles. The van der Waals surface area contributed by atoms with Gasteiger partial charge in [0.15, 0.2) is 0 Å². The first-order valence-electron chi connectivity index (χ1n) is 16.8. The van der Waals surface area contributed by atoms with Crippen LogP contribution in [0.15, 0.2) is 60.8 Å². The summed E-state index contributed by atoms with van der Waals surface area (Å²) in [4.78, 5) is 12.5.